The third-order valence-corrected chi connectivity index (χ3v) is 18.1. The van der Waals surface area contributed by atoms with Gasteiger partial charge in [0.15, 0.2) is 22.1 Å². The lowest BCUT2D eigenvalue weighted by molar-refractivity contribution is -0.442. The Kier molecular flexibility index (Phi) is 38.0. The molecule has 0 radical (unpaired) electrons. The molecule has 0 bridgehead atoms. The fourth-order valence-corrected chi connectivity index (χ4v) is 11.8. The Hall–Kier alpha value is -5.04. The molecule has 2 unspecified atom stereocenters. The number of carbonyl (C=O) groups is 3. The molecule has 95 heavy (non-hydrogen) atoms. The van der Waals surface area contributed by atoms with E-state index < -0.39 is 54.5 Å². The van der Waals surface area contributed by atoms with Gasteiger partial charge in [0.25, 0.3) is 21.9 Å². The molecular weight excluding hydrogens is 1290 g/mol. The van der Waals surface area contributed by atoms with E-state index in [1.165, 1.54) is 12.1 Å². The van der Waals surface area contributed by atoms with Gasteiger partial charge < -0.3 is 85.9 Å². The van der Waals surface area contributed by atoms with Gasteiger partial charge in [-0.25, -0.2) is 13.2 Å². The molecule has 3 heterocycles. The van der Waals surface area contributed by atoms with Gasteiger partial charge in [0.1, 0.15) is 6.61 Å². The quantitative estimate of drug-likeness (QED) is 0.0302. The summed E-state index contributed by atoms with van der Waals surface area (Å²) in [5.41, 5.74) is 2.85. The number of amides is 2. The van der Waals surface area contributed by atoms with Crippen LogP contribution < -0.4 is 10.0 Å². The van der Waals surface area contributed by atoms with Gasteiger partial charge in [0.2, 0.25) is 5.69 Å². The molecule has 0 N–H and O–H groups in total. The zero-order valence-corrected chi connectivity index (χ0v) is 57.6. The maximum absolute atomic E-state index is 13.3. The maximum Gasteiger partial charge on any atom is 0.335 e. The van der Waals surface area contributed by atoms with Crippen molar-refractivity contribution >= 4 is 54.8 Å². The van der Waals surface area contributed by atoms with Gasteiger partial charge in [-0.3, -0.25) is 13.8 Å². The third kappa shape index (κ3) is 26.6. The molecule has 0 aliphatic carbocycles. The van der Waals surface area contributed by atoms with Crippen molar-refractivity contribution < 1.29 is 121 Å². The highest BCUT2D eigenvalue weighted by molar-refractivity contribution is 7.91. The van der Waals surface area contributed by atoms with Crippen molar-refractivity contribution in [1.82, 2.24) is 5.06 Å². The highest BCUT2D eigenvalue weighted by atomic mass is 32.2. The van der Waals surface area contributed by atoms with Crippen LogP contribution >= 0.6 is 0 Å². The summed E-state index contributed by atoms with van der Waals surface area (Å²) in [6.07, 6.45) is 10.3. The lowest BCUT2D eigenvalue weighted by Crippen LogP contribution is -2.33. The minimum atomic E-state index is -4.17. The van der Waals surface area contributed by atoms with E-state index in [0.29, 0.717) is 168 Å². The zero-order valence-electron chi connectivity index (χ0n) is 56.0. The van der Waals surface area contributed by atoms with Crippen LogP contribution in [0.2, 0.25) is 0 Å². The summed E-state index contributed by atoms with van der Waals surface area (Å²) < 4.78 is 145. The molecular formula is C65H99N3O25S2. The highest BCUT2D eigenvalue weighted by Gasteiger charge is 2.48. The first kappa shape index (κ1) is 80.6. The van der Waals surface area contributed by atoms with Gasteiger partial charge in [-0.1, -0.05) is 18.2 Å². The molecule has 30 heteroatoms. The van der Waals surface area contributed by atoms with E-state index in [1.807, 2.05) is 37.3 Å². The van der Waals surface area contributed by atoms with Crippen LogP contribution in [0.3, 0.4) is 0 Å². The third-order valence-electron chi connectivity index (χ3n) is 15.5. The summed E-state index contributed by atoms with van der Waals surface area (Å²) in [6.45, 7) is 13.7. The lowest BCUT2D eigenvalue weighted by Gasteiger charge is -2.30. The summed E-state index contributed by atoms with van der Waals surface area (Å²) in [5, 5.41) is 12.6. The number of methoxy groups -OCH3 is 3. The number of fused-ring (bicyclic) bond motifs is 2. The summed E-state index contributed by atoms with van der Waals surface area (Å²) in [7, 11) is -2.32. The van der Waals surface area contributed by atoms with Crippen LogP contribution in [0, 0.1) is 0 Å². The largest absolute Gasteiger partial charge is 0.843 e. The predicted molar refractivity (Wildman–Crippen MR) is 344 cm³/mol. The van der Waals surface area contributed by atoms with Crippen molar-refractivity contribution in [2.75, 3.05) is 231 Å². The molecule has 536 valence electrons. The van der Waals surface area contributed by atoms with Gasteiger partial charge in [-0.05, 0) is 74.6 Å². The standard InChI is InChI=1S/C65H99N3O25S2/c1-64(19-24-82-35-40-90-47-44-86-31-28-77-3)55-50-53(94(73,74)52-69)12-14-57(55)66(21-26-84-37-42-89-39-34-81-23-18-63(72)93-68-61(70)16-17-62(68)71)59(64)10-8-7-9-11-60-65(2,20-25-83-36-41-91-48-45-87-32-29-78-4)56-51-54(95(75,76)80-6)13-15-58(56)67(60)22-27-85-38-43-92-49-46-88-33-30-79-5/h7-15,50-51H,16-49,52H2,1-6H3. The summed E-state index contributed by atoms with van der Waals surface area (Å²) in [5.74, 6) is -3.22. The summed E-state index contributed by atoms with van der Waals surface area (Å²) in [4.78, 5) is 42.5. The monoisotopic (exact) mass is 1390 g/mol. The van der Waals surface area contributed by atoms with E-state index in [1.54, 1.807) is 45.6 Å². The van der Waals surface area contributed by atoms with E-state index in [0.717, 1.165) is 29.8 Å². The molecule has 2 amide bonds. The number of imide groups is 1. The summed E-state index contributed by atoms with van der Waals surface area (Å²) in [6, 6.07) is 9.69. The van der Waals surface area contributed by atoms with Crippen LogP contribution in [-0.2, 0) is 125 Å². The Bertz CT molecular complexity index is 2970. The van der Waals surface area contributed by atoms with Crippen LogP contribution in [0.5, 0.6) is 0 Å². The Labute approximate surface area is 559 Å². The Morgan fingerprint density at radius 3 is 1.46 bits per heavy atom. The second-order valence-corrected chi connectivity index (χ2v) is 25.6. The molecule has 0 aromatic heterocycles. The Balaban J connectivity index is 1.40. The minimum Gasteiger partial charge on any atom is -0.843 e. The molecule has 1 saturated heterocycles. The molecule has 0 spiro atoms. The van der Waals surface area contributed by atoms with Gasteiger partial charge in [0.05, 0.1) is 187 Å². The highest BCUT2D eigenvalue weighted by Crippen LogP contribution is 2.51. The molecule has 3 aliphatic heterocycles. The number of anilines is 1. The maximum atomic E-state index is 13.3. The van der Waals surface area contributed by atoms with Gasteiger partial charge in [0, 0.05) is 88.4 Å². The number of hydrogen-bond donors (Lipinski definition) is 0. The van der Waals surface area contributed by atoms with Crippen LogP contribution in [0.1, 0.15) is 57.1 Å². The van der Waals surface area contributed by atoms with Crippen molar-refractivity contribution in [2.45, 2.75) is 66.6 Å². The SMILES string of the molecule is COCCOCCOCCOCCN1C(=CC=CC=CC2=[N+](CCOCCOCCOCCC(=O)ON3C(=O)CCC3=O)c3ccc(S(=O)(=O)C[O-])cc3C2(C)CCOCCOCCOCCOC)C(C)(CCOCCOCCOCCOC)c2cc(S(=O)(=O)OC)ccc21. The normalized spacial score (nSPS) is 17.9. The fourth-order valence-electron chi connectivity index (χ4n) is 10.4. The number of benzene rings is 2. The van der Waals surface area contributed by atoms with Crippen molar-refractivity contribution in [2.24, 2.45) is 0 Å². The van der Waals surface area contributed by atoms with Crippen LogP contribution in [0.4, 0.5) is 11.4 Å². The minimum absolute atomic E-state index is 0.000383. The van der Waals surface area contributed by atoms with E-state index in [4.69, 9.17) is 80.1 Å². The van der Waals surface area contributed by atoms with Crippen LogP contribution in [0.15, 0.2) is 82.3 Å². The van der Waals surface area contributed by atoms with Crippen molar-refractivity contribution in [3.63, 3.8) is 0 Å². The first-order chi connectivity index (χ1) is 46.0. The second-order valence-electron chi connectivity index (χ2n) is 22.0. The van der Waals surface area contributed by atoms with Crippen LogP contribution in [-0.4, -0.2) is 276 Å². The van der Waals surface area contributed by atoms with Crippen molar-refractivity contribution in [3.8, 4) is 0 Å². The van der Waals surface area contributed by atoms with E-state index >= 15 is 0 Å². The molecule has 3 aliphatic rings. The van der Waals surface area contributed by atoms with Crippen molar-refractivity contribution in [3.05, 3.63) is 83.6 Å². The first-order valence-electron chi connectivity index (χ1n) is 31.9. The molecule has 5 rings (SSSR count). The first-order valence-corrected chi connectivity index (χ1v) is 34.9. The number of rotatable bonds is 56. The van der Waals surface area contributed by atoms with Crippen LogP contribution in [0.25, 0.3) is 0 Å². The smallest absolute Gasteiger partial charge is 0.335 e. The Morgan fingerprint density at radius 2 is 0.968 bits per heavy atom. The number of hydrogen-bond acceptors (Lipinski definition) is 26. The fraction of sp³-hybridized carbons (Fsp3) is 0.662. The molecule has 2 aromatic rings. The van der Waals surface area contributed by atoms with E-state index in [-0.39, 0.29) is 81.9 Å². The second kappa shape index (κ2) is 44.8. The lowest BCUT2D eigenvalue weighted by atomic mass is 9.76. The van der Waals surface area contributed by atoms with Gasteiger partial charge in [-0.2, -0.15) is 13.0 Å². The Morgan fingerprint density at radius 1 is 0.526 bits per heavy atom. The average molecular weight is 1390 g/mol. The average Bonchev–Trinajstić information content (AvgIpc) is 1.59. The number of carbonyl (C=O) groups excluding carboxylic acids is 3. The number of ether oxygens (including phenoxy) is 15. The zero-order chi connectivity index (χ0) is 68.6. The molecule has 1 fully saturated rings. The molecule has 2 aromatic carbocycles. The molecule has 2 atom stereocenters. The van der Waals surface area contributed by atoms with Gasteiger partial charge in [-0.15, -0.1) is 5.06 Å². The number of hydroxylamine groups is 2. The van der Waals surface area contributed by atoms with Crippen molar-refractivity contribution in [1.29, 1.82) is 0 Å². The summed E-state index contributed by atoms with van der Waals surface area (Å²) >= 11 is 0. The number of allylic oxidation sites excluding steroid dienone is 6. The van der Waals surface area contributed by atoms with E-state index in [2.05, 4.69) is 16.4 Å². The van der Waals surface area contributed by atoms with E-state index in [9.17, 15) is 36.3 Å². The molecule has 0 saturated carbocycles. The predicted octanol–water partition coefficient (Wildman–Crippen LogP) is 3.16. The number of sulfone groups is 1. The number of nitrogens with zero attached hydrogens (tertiary/aromatic N) is 3. The topological polar surface area (TPSA) is 309 Å². The molecule has 28 nitrogen and oxygen atoms in total. The van der Waals surface area contributed by atoms with Gasteiger partial charge >= 0.3 is 5.97 Å².